The van der Waals surface area contributed by atoms with E-state index in [-0.39, 0.29) is 11.6 Å². The number of aromatic nitrogens is 2. The number of fused-ring (bicyclic) bond motifs is 2. The van der Waals surface area contributed by atoms with Crippen LogP contribution >= 0.6 is 0 Å². The van der Waals surface area contributed by atoms with Gasteiger partial charge < -0.3 is 5.11 Å². The lowest BCUT2D eigenvalue weighted by Crippen LogP contribution is -2.36. The van der Waals surface area contributed by atoms with Gasteiger partial charge in [-0.1, -0.05) is 6.42 Å². The minimum Gasteiger partial charge on any atom is -0.477 e. The van der Waals surface area contributed by atoms with Gasteiger partial charge in [0, 0.05) is 12.2 Å². The van der Waals surface area contributed by atoms with Crippen molar-refractivity contribution in [3.63, 3.8) is 0 Å². The van der Waals surface area contributed by atoms with Gasteiger partial charge >= 0.3 is 11.7 Å². The summed E-state index contributed by atoms with van der Waals surface area (Å²) in [6.45, 7) is 0. The van der Waals surface area contributed by atoms with Gasteiger partial charge in [0.05, 0.1) is 0 Å². The monoisotopic (exact) mass is 250 g/mol. The fourth-order valence-corrected chi connectivity index (χ4v) is 3.44. The Morgan fingerprint density at radius 2 is 2.11 bits per heavy atom. The maximum absolute atomic E-state index is 11.8. The van der Waals surface area contributed by atoms with Crippen molar-refractivity contribution < 1.29 is 9.90 Å². The Morgan fingerprint density at radius 3 is 2.67 bits per heavy atom. The van der Waals surface area contributed by atoms with E-state index in [0.717, 1.165) is 19.3 Å². The Labute approximate surface area is 102 Å². The number of carboxylic acids is 1. The highest BCUT2D eigenvalue weighted by Crippen LogP contribution is 2.50. The Morgan fingerprint density at radius 1 is 1.33 bits per heavy atom. The van der Waals surface area contributed by atoms with Crippen LogP contribution in [0.4, 0.5) is 0 Å². The predicted octanol–water partition coefficient (Wildman–Crippen LogP) is 0.596. The Hall–Kier alpha value is -1.85. The predicted molar refractivity (Wildman–Crippen MR) is 62.8 cm³/mol. The van der Waals surface area contributed by atoms with Crippen molar-refractivity contribution >= 4 is 5.97 Å². The molecule has 2 bridgehead atoms. The third-order valence-corrected chi connectivity index (χ3v) is 4.26. The average Bonchev–Trinajstić information content (AvgIpc) is 2.90. The minimum atomic E-state index is -1.30. The SMILES string of the molecule is O=C(O)c1cn(C2CC3CCC2C3)c(=O)[nH]c1=O. The van der Waals surface area contributed by atoms with Crippen LogP contribution in [0.25, 0.3) is 0 Å². The molecule has 3 atom stereocenters. The fraction of sp³-hybridized carbons (Fsp3) is 0.583. The number of carbonyl (C=O) groups is 1. The first-order chi connectivity index (χ1) is 8.56. The van der Waals surface area contributed by atoms with Crippen molar-refractivity contribution in [3.05, 3.63) is 32.6 Å². The van der Waals surface area contributed by atoms with E-state index in [9.17, 15) is 14.4 Å². The molecule has 1 aromatic rings. The molecule has 3 unspecified atom stereocenters. The zero-order chi connectivity index (χ0) is 12.9. The molecule has 18 heavy (non-hydrogen) atoms. The quantitative estimate of drug-likeness (QED) is 0.803. The van der Waals surface area contributed by atoms with Gasteiger partial charge in [-0.3, -0.25) is 14.3 Å². The van der Waals surface area contributed by atoms with Crippen molar-refractivity contribution in [2.75, 3.05) is 0 Å². The van der Waals surface area contributed by atoms with Gasteiger partial charge in [-0.2, -0.15) is 0 Å². The van der Waals surface area contributed by atoms with Gasteiger partial charge in [0.1, 0.15) is 5.56 Å². The van der Waals surface area contributed by atoms with Crippen LogP contribution in [0.1, 0.15) is 42.1 Å². The first-order valence-corrected chi connectivity index (χ1v) is 6.15. The summed E-state index contributed by atoms with van der Waals surface area (Å²) in [7, 11) is 0. The number of hydrogen-bond acceptors (Lipinski definition) is 3. The van der Waals surface area contributed by atoms with Crippen molar-refractivity contribution in [3.8, 4) is 0 Å². The van der Waals surface area contributed by atoms with Crippen molar-refractivity contribution in [2.24, 2.45) is 11.8 Å². The summed E-state index contributed by atoms with van der Waals surface area (Å²) >= 11 is 0. The van der Waals surface area contributed by atoms with E-state index in [1.54, 1.807) is 0 Å². The largest absolute Gasteiger partial charge is 0.477 e. The highest BCUT2D eigenvalue weighted by molar-refractivity contribution is 5.86. The standard InChI is InChI=1S/C12H14N2O4/c15-10-8(11(16)17)5-14(12(18)13-10)9-4-6-1-2-7(9)3-6/h5-7,9H,1-4H2,(H,16,17)(H,13,15,18). The summed E-state index contributed by atoms with van der Waals surface area (Å²) in [5.74, 6) is -0.208. The van der Waals surface area contributed by atoms with Crippen LogP contribution in [0, 0.1) is 11.8 Å². The van der Waals surface area contributed by atoms with Gasteiger partial charge in [0.2, 0.25) is 0 Å². The molecule has 0 radical (unpaired) electrons. The number of aromatic carboxylic acids is 1. The molecular formula is C12H14N2O4. The van der Waals surface area contributed by atoms with E-state index in [1.807, 2.05) is 0 Å². The number of nitrogens with one attached hydrogen (secondary N) is 1. The molecule has 2 saturated carbocycles. The fourth-order valence-electron chi connectivity index (χ4n) is 3.44. The number of rotatable bonds is 2. The zero-order valence-corrected chi connectivity index (χ0v) is 9.76. The molecule has 96 valence electrons. The van der Waals surface area contributed by atoms with Gasteiger partial charge in [0.15, 0.2) is 0 Å². The summed E-state index contributed by atoms with van der Waals surface area (Å²) in [5.41, 5.74) is -1.69. The molecule has 2 aliphatic carbocycles. The molecule has 2 fully saturated rings. The average molecular weight is 250 g/mol. The van der Waals surface area contributed by atoms with E-state index in [2.05, 4.69) is 4.98 Å². The van der Waals surface area contributed by atoms with Crippen LogP contribution in [0.3, 0.4) is 0 Å². The number of aromatic amines is 1. The van der Waals surface area contributed by atoms with E-state index in [1.165, 1.54) is 17.2 Å². The van der Waals surface area contributed by atoms with Crippen LogP contribution in [-0.4, -0.2) is 20.6 Å². The van der Waals surface area contributed by atoms with E-state index in [4.69, 9.17) is 5.11 Å². The summed E-state index contributed by atoms with van der Waals surface area (Å²) in [4.78, 5) is 36.2. The molecule has 1 heterocycles. The Bertz CT molecular complexity index is 615. The van der Waals surface area contributed by atoms with E-state index in [0.29, 0.717) is 11.8 Å². The van der Waals surface area contributed by atoms with Crippen LogP contribution < -0.4 is 11.2 Å². The van der Waals surface area contributed by atoms with Crippen LogP contribution in [-0.2, 0) is 0 Å². The molecule has 6 heteroatoms. The van der Waals surface area contributed by atoms with Crippen molar-refractivity contribution in [2.45, 2.75) is 31.7 Å². The normalized spacial score (nSPS) is 29.7. The lowest BCUT2D eigenvalue weighted by molar-refractivity contribution is 0.0693. The molecule has 0 aliphatic heterocycles. The molecule has 3 rings (SSSR count). The first-order valence-electron chi connectivity index (χ1n) is 6.15. The Kier molecular flexibility index (Phi) is 2.39. The minimum absolute atomic E-state index is 0.0474. The molecule has 0 spiro atoms. The number of H-pyrrole nitrogens is 1. The maximum atomic E-state index is 11.8. The van der Waals surface area contributed by atoms with Gasteiger partial charge in [0.25, 0.3) is 5.56 Å². The van der Waals surface area contributed by atoms with Crippen LogP contribution in [0.5, 0.6) is 0 Å². The Balaban J connectivity index is 2.07. The molecule has 1 aromatic heterocycles. The summed E-state index contributed by atoms with van der Waals surface area (Å²) in [5, 5.41) is 8.92. The number of nitrogens with zero attached hydrogens (tertiary/aromatic N) is 1. The molecule has 6 nitrogen and oxygen atoms in total. The zero-order valence-electron chi connectivity index (χ0n) is 9.76. The first kappa shape index (κ1) is 11.3. The van der Waals surface area contributed by atoms with E-state index >= 15 is 0 Å². The molecule has 2 N–H and O–H groups in total. The maximum Gasteiger partial charge on any atom is 0.342 e. The third kappa shape index (κ3) is 1.60. The van der Waals surface area contributed by atoms with Gasteiger partial charge in [-0.25, -0.2) is 9.59 Å². The second-order valence-corrected chi connectivity index (χ2v) is 5.26. The second-order valence-electron chi connectivity index (χ2n) is 5.26. The van der Waals surface area contributed by atoms with Crippen molar-refractivity contribution in [1.29, 1.82) is 0 Å². The van der Waals surface area contributed by atoms with Crippen LogP contribution in [0.15, 0.2) is 15.8 Å². The lowest BCUT2D eigenvalue weighted by Gasteiger charge is -2.23. The molecule has 2 aliphatic rings. The molecule has 0 aromatic carbocycles. The molecule has 0 saturated heterocycles. The molecular weight excluding hydrogens is 236 g/mol. The summed E-state index contributed by atoms with van der Waals surface area (Å²) < 4.78 is 1.41. The third-order valence-electron chi connectivity index (χ3n) is 4.26. The second kappa shape index (κ2) is 3.83. The van der Waals surface area contributed by atoms with Gasteiger partial charge in [-0.05, 0) is 31.1 Å². The van der Waals surface area contributed by atoms with E-state index < -0.39 is 17.2 Å². The van der Waals surface area contributed by atoms with Gasteiger partial charge in [-0.15, -0.1) is 0 Å². The number of hydrogen-bond donors (Lipinski definition) is 2. The smallest absolute Gasteiger partial charge is 0.342 e. The highest BCUT2D eigenvalue weighted by atomic mass is 16.4. The van der Waals surface area contributed by atoms with Crippen molar-refractivity contribution in [1.82, 2.24) is 9.55 Å². The highest BCUT2D eigenvalue weighted by Gasteiger charge is 2.41. The van der Waals surface area contributed by atoms with Crippen LogP contribution in [0.2, 0.25) is 0 Å². The topological polar surface area (TPSA) is 92.2 Å². The molecule has 0 amide bonds. The summed E-state index contributed by atoms with van der Waals surface area (Å²) in [6, 6.07) is 0.0474. The summed E-state index contributed by atoms with van der Waals surface area (Å²) in [6.07, 6.45) is 5.51. The number of carboxylic acid groups (broad SMARTS) is 1. The lowest BCUT2D eigenvalue weighted by atomic mass is 9.95.